The zero-order valence-corrected chi connectivity index (χ0v) is 20.0. The number of methoxy groups -OCH3 is 1. The van der Waals surface area contributed by atoms with Crippen LogP contribution in [0.5, 0.6) is 0 Å². The van der Waals surface area contributed by atoms with E-state index in [1.807, 2.05) is 0 Å². The number of nitrogens with one attached hydrogen (secondary N) is 1. The van der Waals surface area contributed by atoms with E-state index in [2.05, 4.69) is 5.32 Å². The summed E-state index contributed by atoms with van der Waals surface area (Å²) in [5.41, 5.74) is -1.95. The molecule has 1 unspecified atom stereocenters. The SMILES string of the molecule is CO[C@@]1(NC(=O)C[S+](C)[O-])C(=O)N2C(C(=O)[O-])=C(COC(C)=O)CS[C@H]21.[K+]. The largest absolute Gasteiger partial charge is 1.00 e. The van der Waals surface area contributed by atoms with Gasteiger partial charge in [-0.3, -0.25) is 19.3 Å². The Balaban J connectivity index is 0.00000364. The van der Waals surface area contributed by atoms with Crippen molar-refractivity contribution in [2.45, 2.75) is 18.0 Å². The van der Waals surface area contributed by atoms with E-state index in [9.17, 15) is 28.8 Å². The molecule has 0 aromatic heterocycles. The molecule has 1 saturated heterocycles. The molecule has 1 N–H and O–H groups in total. The van der Waals surface area contributed by atoms with Crippen molar-refractivity contribution in [3.8, 4) is 0 Å². The molecule has 2 amide bonds. The topological polar surface area (TPSA) is 148 Å². The number of carbonyl (C=O) groups is 4. The molecule has 10 nitrogen and oxygen atoms in total. The predicted octanol–water partition coefficient (Wildman–Crippen LogP) is -5.69. The van der Waals surface area contributed by atoms with Crippen molar-refractivity contribution in [2.75, 3.05) is 31.5 Å². The van der Waals surface area contributed by atoms with E-state index in [0.717, 1.165) is 16.7 Å². The summed E-state index contributed by atoms with van der Waals surface area (Å²) in [6.07, 6.45) is 1.33. The van der Waals surface area contributed by atoms with Crippen LogP contribution in [0, 0.1) is 0 Å². The number of hydrogen-bond acceptors (Lipinski definition) is 9. The van der Waals surface area contributed by atoms with Gasteiger partial charge in [0.25, 0.3) is 17.5 Å². The van der Waals surface area contributed by atoms with Crippen molar-refractivity contribution in [2.24, 2.45) is 0 Å². The summed E-state index contributed by atoms with van der Waals surface area (Å²) in [7, 11) is 1.20. The third kappa shape index (κ3) is 5.08. The number of ether oxygens (including phenoxy) is 2. The zero-order chi connectivity index (χ0) is 19.6. The van der Waals surface area contributed by atoms with Crippen LogP contribution >= 0.6 is 11.8 Å². The van der Waals surface area contributed by atoms with Gasteiger partial charge in [0.1, 0.15) is 12.0 Å². The zero-order valence-electron chi connectivity index (χ0n) is 15.2. The predicted molar refractivity (Wildman–Crippen MR) is 88.6 cm³/mol. The van der Waals surface area contributed by atoms with Gasteiger partial charge in [0.15, 0.2) is 5.75 Å². The van der Waals surface area contributed by atoms with Gasteiger partial charge in [0.05, 0.1) is 17.9 Å². The summed E-state index contributed by atoms with van der Waals surface area (Å²) in [4.78, 5) is 48.0. The maximum Gasteiger partial charge on any atom is 1.00 e. The minimum atomic E-state index is -1.76. The van der Waals surface area contributed by atoms with Gasteiger partial charge in [-0.1, -0.05) is 0 Å². The van der Waals surface area contributed by atoms with E-state index >= 15 is 0 Å². The number of thioether (sulfide) groups is 1. The minimum Gasteiger partial charge on any atom is -0.616 e. The summed E-state index contributed by atoms with van der Waals surface area (Å²) in [6.45, 7) is 0.888. The van der Waals surface area contributed by atoms with Crippen LogP contribution in [0.4, 0.5) is 0 Å². The number of carboxylic acid groups (broad SMARTS) is 1. The molecule has 2 rings (SSSR count). The van der Waals surface area contributed by atoms with E-state index in [1.165, 1.54) is 20.3 Å². The van der Waals surface area contributed by atoms with Gasteiger partial charge in [0.2, 0.25) is 0 Å². The van der Waals surface area contributed by atoms with Gasteiger partial charge in [-0.2, -0.15) is 0 Å². The van der Waals surface area contributed by atoms with Gasteiger partial charge in [-0.25, -0.2) is 0 Å². The van der Waals surface area contributed by atoms with Crippen LogP contribution in [0.1, 0.15) is 6.92 Å². The fourth-order valence-electron chi connectivity index (χ4n) is 2.66. The summed E-state index contributed by atoms with van der Waals surface area (Å²) in [6, 6.07) is 0. The molecule has 0 radical (unpaired) electrons. The van der Waals surface area contributed by atoms with Crippen molar-refractivity contribution < 1.29 is 89.7 Å². The van der Waals surface area contributed by atoms with Crippen LogP contribution in [0.15, 0.2) is 11.3 Å². The monoisotopic (exact) mass is 444 g/mol. The third-order valence-corrected chi connectivity index (χ3v) is 5.78. The summed E-state index contributed by atoms with van der Waals surface area (Å²) >= 11 is -0.280. The van der Waals surface area contributed by atoms with Gasteiger partial charge >= 0.3 is 57.4 Å². The fraction of sp³-hybridized carbons (Fsp3) is 0.571. The molecular formula is C14H17KN2O8S2. The molecule has 144 valence electrons. The number of aliphatic carboxylic acids is 1. The van der Waals surface area contributed by atoms with E-state index in [4.69, 9.17) is 9.47 Å². The first kappa shape index (κ1) is 24.9. The van der Waals surface area contributed by atoms with Gasteiger partial charge < -0.3 is 29.2 Å². The Morgan fingerprint density at radius 2 is 2.07 bits per heavy atom. The Labute approximate surface area is 205 Å². The third-order valence-electron chi connectivity index (χ3n) is 3.73. The molecule has 27 heavy (non-hydrogen) atoms. The molecule has 2 aliphatic heterocycles. The summed E-state index contributed by atoms with van der Waals surface area (Å²) < 4.78 is 21.2. The van der Waals surface area contributed by atoms with Crippen molar-refractivity contribution in [3.63, 3.8) is 0 Å². The number of β-lactam (4-membered cyclic amide) rings is 1. The molecule has 0 aliphatic carbocycles. The van der Waals surface area contributed by atoms with Crippen LogP contribution in [0.3, 0.4) is 0 Å². The Bertz CT molecular complexity index is 686. The standard InChI is InChI=1S/C14H18N2O8S2.K/c1-7(17)24-4-8-5-25-13-14(23-2,15-9(18)6-26(3)22)12(21)16(13)10(8)11(19)20;/h13H,4-6H2,1-3H3,(H,15,18)(H,19,20);/q;+1/p-1/t13-,14-,26?;/m0./s1. The first-order valence-electron chi connectivity index (χ1n) is 7.32. The Morgan fingerprint density at radius 1 is 1.44 bits per heavy atom. The number of nitrogens with zero attached hydrogens (tertiary/aromatic N) is 1. The van der Waals surface area contributed by atoms with Crippen LogP contribution in [-0.4, -0.2) is 75.8 Å². The second kappa shape index (κ2) is 10.1. The van der Waals surface area contributed by atoms with E-state index in [-0.39, 0.29) is 75.1 Å². The van der Waals surface area contributed by atoms with Crippen LogP contribution in [-0.2, 0) is 39.8 Å². The molecule has 0 bridgehead atoms. The fourth-order valence-corrected chi connectivity index (χ4v) is 4.52. The Morgan fingerprint density at radius 3 is 2.56 bits per heavy atom. The Kier molecular flexibility index (Phi) is 9.29. The second-order valence-electron chi connectivity index (χ2n) is 5.56. The molecule has 1 fully saturated rings. The maximum absolute atomic E-state index is 12.6. The van der Waals surface area contributed by atoms with Gasteiger partial charge in [-0.15, -0.1) is 11.8 Å². The first-order valence-corrected chi connectivity index (χ1v) is 10.1. The number of rotatable bonds is 7. The Hall–Kier alpha value is -0.124. The molecule has 2 aliphatic rings. The molecule has 3 atom stereocenters. The number of amides is 2. The number of esters is 1. The van der Waals surface area contributed by atoms with E-state index < -0.39 is 51.7 Å². The second-order valence-corrected chi connectivity index (χ2v) is 8.07. The van der Waals surface area contributed by atoms with Crippen LogP contribution in [0.2, 0.25) is 0 Å². The smallest absolute Gasteiger partial charge is 0.616 e. The minimum absolute atomic E-state index is 0. The van der Waals surface area contributed by atoms with E-state index in [1.54, 1.807) is 0 Å². The number of carbonyl (C=O) groups excluding carboxylic acids is 4. The molecule has 0 spiro atoms. The molecule has 0 aromatic carbocycles. The molecule has 13 heteroatoms. The van der Waals surface area contributed by atoms with Crippen molar-refractivity contribution >= 4 is 46.7 Å². The molecular weight excluding hydrogens is 427 g/mol. The molecule has 2 heterocycles. The van der Waals surface area contributed by atoms with Crippen LogP contribution in [0.25, 0.3) is 0 Å². The first-order chi connectivity index (χ1) is 12.1. The summed E-state index contributed by atoms with van der Waals surface area (Å²) in [5.74, 6) is -3.85. The molecule has 0 aromatic rings. The van der Waals surface area contributed by atoms with Gasteiger partial charge in [0, 0.05) is 25.4 Å². The van der Waals surface area contributed by atoms with E-state index in [0.29, 0.717) is 0 Å². The van der Waals surface area contributed by atoms with Gasteiger partial charge in [-0.05, 0) is 11.2 Å². The molecule has 0 saturated carbocycles. The van der Waals surface area contributed by atoms with Crippen LogP contribution < -0.4 is 61.8 Å². The number of hydrogen-bond donors (Lipinski definition) is 1. The van der Waals surface area contributed by atoms with Crippen molar-refractivity contribution in [1.29, 1.82) is 0 Å². The normalized spacial score (nSPS) is 25.0. The average Bonchev–Trinajstić information content (AvgIpc) is 2.55. The number of fused-ring (bicyclic) bond motifs is 1. The van der Waals surface area contributed by atoms with Crippen molar-refractivity contribution in [1.82, 2.24) is 10.2 Å². The number of carboxylic acids is 1. The summed E-state index contributed by atoms with van der Waals surface area (Å²) in [5, 5.41) is 13.1. The quantitative estimate of drug-likeness (QED) is 0.133. The maximum atomic E-state index is 12.6. The van der Waals surface area contributed by atoms with Crippen molar-refractivity contribution in [3.05, 3.63) is 11.3 Å². The average molecular weight is 445 g/mol.